The number of thiocarbonyl (C=S) groups is 1. The maximum Gasteiger partial charge on any atom is 0.329 e. The number of nitrogens with one attached hydrogen (secondary N) is 1. The summed E-state index contributed by atoms with van der Waals surface area (Å²) in [7, 11) is 0. The van der Waals surface area contributed by atoms with Crippen molar-refractivity contribution in [2.75, 3.05) is 12.4 Å². The molecule has 1 fully saturated rings. The first-order chi connectivity index (χ1) is 12.2. The molecule has 4 nitrogen and oxygen atoms in total. The van der Waals surface area contributed by atoms with E-state index in [1.54, 1.807) is 23.1 Å². The topological polar surface area (TPSA) is 41.6 Å². The van der Waals surface area contributed by atoms with E-state index in [0.717, 1.165) is 5.56 Å². The van der Waals surface area contributed by atoms with Crippen LogP contribution in [0.3, 0.4) is 0 Å². The van der Waals surface area contributed by atoms with Crippen LogP contribution in [0.5, 0.6) is 0 Å². The van der Waals surface area contributed by atoms with E-state index in [-0.39, 0.29) is 17.4 Å². The highest BCUT2D eigenvalue weighted by Crippen LogP contribution is 2.43. The van der Waals surface area contributed by atoms with E-state index in [1.807, 2.05) is 53.6 Å². The van der Waals surface area contributed by atoms with Gasteiger partial charge in [-0.05, 0) is 36.2 Å². The van der Waals surface area contributed by atoms with Gasteiger partial charge in [0.15, 0.2) is 5.11 Å². The number of carbonyl (C=O) groups is 1. The Bertz CT molecular complexity index is 706. The zero-order chi connectivity index (χ0) is 17.6. The van der Waals surface area contributed by atoms with Crippen LogP contribution in [0, 0.1) is 0 Å². The summed E-state index contributed by atoms with van der Waals surface area (Å²) >= 11 is 9.05. The van der Waals surface area contributed by atoms with Gasteiger partial charge in [-0.25, -0.2) is 4.79 Å². The van der Waals surface area contributed by atoms with Crippen molar-refractivity contribution in [1.82, 2.24) is 10.2 Å². The fourth-order valence-electron chi connectivity index (χ4n) is 2.69. The third kappa shape index (κ3) is 4.34. The van der Waals surface area contributed by atoms with E-state index >= 15 is 0 Å². The zero-order valence-corrected chi connectivity index (χ0v) is 16.3. The maximum atomic E-state index is 12.4. The molecule has 0 aliphatic carbocycles. The molecule has 2 unspecified atom stereocenters. The van der Waals surface area contributed by atoms with Gasteiger partial charge in [-0.15, -0.1) is 23.1 Å². The molecule has 0 spiro atoms. The minimum Gasteiger partial charge on any atom is -0.464 e. The van der Waals surface area contributed by atoms with Gasteiger partial charge in [0.05, 0.1) is 6.61 Å². The molecule has 0 amide bonds. The van der Waals surface area contributed by atoms with E-state index in [9.17, 15) is 4.79 Å². The van der Waals surface area contributed by atoms with E-state index in [2.05, 4.69) is 11.4 Å². The predicted molar refractivity (Wildman–Crippen MR) is 108 cm³/mol. The Hall–Kier alpha value is -1.57. The quantitative estimate of drug-likeness (QED) is 0.617. The molecule has 1 N–H and O–H groups in total. The third-order valence-electron chi connectivity index (χ3n) is 3.87. The van der Waals surface area contributed by atoms with E-state index < -0.39 is 0 Å². The van der Waals surface area contributed by atoms with Gasteiger partial charge in [-0.1, -0.05) is 36.4 Å². The molecule has 1 aromatic heterocycles. The minimum absolute atomic E-state index is 0.0465. The Balaban J connectivity index is 1.75. The van der Waals surface area contributed by atoms with E-state index in [0.29, 0.717) is 24.0 Å². The van der Waals surface area contributed by atoms with Gasteiger partial charge in [0.1, 0.15) is 11.4 Å². The van der Waals surface area contributed by atoms with Crippen LogP contribution in [0.4, 0.5) is 0 Å². The van der Waals surface area contributed by atoms with Crippen molar-refractivity contribution in [3.63, 3.8) is 0 Å². The second kappa shape index (κ2) is 8.69. The van der Waals surface area contributed by atoms with E-state index in [1.165, 1.54) is 4.88 Å². The number of benzene rings is 1. The van der Waals surface area contributed by atoms with Crippen molar-refractivity contribution in [2.45, 2.75) is 24.9 Å². The van der Waals surface area contributed by atoms with Gasteiger partial charge in [-0.3, -0.25) is 0 Å². The molecule has 2 aromatic rings. The summed E-state index contributed by atoms with van der Waals surface area (Å²) in [5.41, 5.74) is 1.15. The van der Waals surface area contributed by atoms with Crippen LogP contribution in [0.15, 0.2) is 47.8 Å². The first-order valence-corrected chi connectivity index (χ1v) is 10.5. The number of thiophene rings is 1. The Morgan fingerprint density at radius 2 is 2.12 bits per heavy atom. The lowest BCUT2D eigenvalue weighted by molar-refractivity contribution is -0.147. The van der Waals surface area contributed by atoms with Gasteiger partial charge < -0.3 is 15.0 Å². The second-order valence-corrected chi connectivity index (χ2v) is 8.00. The average molecular weight is 393 g/mol. The van der Waals surface area contributed by atoms with Crippen LogP contribution >= 0.6 is 35.3 Å². The van der Waals surface area contributed by atoms with Crippen molar-refractivity contribution in [1.29, 1.82) is 0 Å². The molecule has 0 saturated carbocycles. The number of ether oxygens (including phenoxy) is 1. The lowest BCUT2D eigenvalue weighted by Gasteiger charge is -2.30. The highest BCUT2D eigenvalue weighted by molar-refractivity contribution is 8.00. The molecule has 1 saturated heterocycles. The Morgan fingerprint density at radius 3 is 2.80 bits per heavy atom. The zero-order valence-electron chi connectivity index (χ0n) is 13.9. The summed E-state index contributed by atoms with van der Waals surface area (Å²) in [6.07, 6.45) is 0. The fourth-order valence-corrected chi connectivity index (χ4v) is 5.45. The Morgan fingerprint density at radius 1 is 1.32 bits per heavy atom. The molecule has 0 radical (unpaired) electrons. The molecular weight excluding hydrogens is 372 g/mol. The number of thioether (sulfide) groups is 1. The summed E-state index contributed by atoms with van der Waals surface area (Å²) in [5.74, 6) is 0.465. The lowest BCUT2D eigenvalue weighted by atomic mass is 10.2. The van der Waals surface area contributed by atoms with Crippen molar-refractivity contribution in [2.24, 2.45) is 0 Å². The van der Waals surface area contributed by atoms with Gasteiger partial charge in [0.25, 0.3) is 0 Å². The number of esters is 1. The molecule has 132 valence electrons. The molecule has 1 aliphatic rings. The first kappa shape index (κ1) is 18.2. The maximum absolute atomic E-state index is 12.4. The fraction of sp³-hybridized carbons (Fsp3) is 0.333. The molecular formula is C18H20N2O2S3. The number of nitrogens with zero attached hydrogens (tertiary/aromatic N) is 1. The van der Waals surface area contributed by atoms with Crippen LogP contribution in [0.1, 0.15) is 22.7 Å². The second-order valence-electron chi connectivity index (χ2n) is 5.52. The van der Waals surface area contributed by atoms with Gasteiger partial charge in [-0.2, -0.15) is 0 Å². The van der Waals surface area contributed by atoms with Crippen LogP contribution in [-0.2, 0) is 16.1 Å². The largest absolute Gasteiger partial charge is 0.464 e. The monoisotopic (exact) mass is 392 g/mol. The lowest BCUT2D eigenvalue weighted by Crippen LogP contribution is -2.48. The molecule has 25 heavy (non-hydrogen) atoms. The van der Waals surface area contributed by atoms with Crippen molar-refractivity contribution < 1.29 is 9.53 Å². The summed E-state index contributed by atoms with van der Waals surface area (Å²) in [4.78, 5) is 15.6. The number of rotatable bonds is 5. The van der Waals surface area contributed by atoms with Crippen molar-refractivity contribution in [3.8, 4) is 0 Å². The standard InChI is InChI=1S/C18H20N2O2S3/c1-2-22-17(21)14-12-25-16(15-9-6-10-24-15)20(14)18(23)19-11-13-7-4-3-5-8-13/h3-10,14,16H,2,11-12H2,1H3,(H,19,23). The smallest absolute Gasteiger partial charge is 0.329 e. The molecule has 1 aliphatic heterocycles. The highest BCUT2D eigenvalue weighted by Gasteiger charge is 2.42. The summed E-state index contributed by atoms with van der Waals surface area (Å²) in [6, 6.07) is 13.8. The molecule has 1 aromatic carbocycles. The molecule has 0 bridgehead atoms. The molecule has 2 heterocycles. The van der Waals surface area contributed by atoms with E-state index in [4.69, 9.17) is 17.0 Å². The third-order valence-corrected chi connectivity index (χ3v) is 6.60. The number of hydrogen-bond donors (Lipinski definition) is 1. The van der Waals surface area contributed by atoms with Crippen LogP contribution in [0.2, 0.25) is 0 Å². The van der Waals surface area contributed by atoms with Crippen molar-refractivity contribution >= 4 is 46.4 Å². The number of carbonyl (C=O) groups excluding carboxylic acids is 1. The van der Waals surface area contributed by atoms with Gasteiger partial charge >= 0.3 is 5.97 Å². The summed E-state index contributed by atoms with van der Waals surface area (Å²) in [6.45, 7) is 2.84. The Kier molecular flexibility index (Phi) is 6.34. The van der Waals surface area contributed by atoms with Crippen LogP contribution in [-0.4, -0.2) is 34.4 Å². The molecule has 2 atom stereocenters. The first-order valence-electron chi connectivity index (χ1n) is 8.12. The summed E-state index contributed by atoms with van der Waals surface area (Å²) < 4.78 is 5.26. The van der Waals surface area contributed by atoms with Crippen LogP contribution in [0.25, 0.3) is 0 Å². The Labute approximate surface area is 161 Å². The predicted octanol–water partition coefficient (Wildman–Crippen LogP) is 3.80. The average Bonchev–Trinajstić information content (AvgIpc) is 3.29. The summed E-state index contributed by atoms with van der Waals surface area (Å²) in [5, 5.41) is 5.98. The SMILES string of the molecule is CCOC(=O)C1CSC(c2cccs2)N1C(=S)NCc1ccccc1. The normalized spacial score (nSPS) is 19.6. The van der Waals surface area contributed by atoms with Gasteiger partial charge in [0.2, 0.25) is 0 Å². The number of hydrogen-bond acceptors (Lipinski definition) is 5. The van der Waals surface area contributed by atoms with Crippen LogP contribution < -0.4 is 5.32 Å². The minimum atomic E-state index is -0.354. The highest BCUT2D eigenvalue weighted by atomic mass is 32.2. The molecule has 7 heteroatoms. The van der Waals surface area contributed by atoms with Gasteiger partial charge in [0, 0.05) is 17.2 Å². The van der Waals surface area contributed by atoms with Crippen molar-refractivity contribution in [3.05, 3.63) is 58.3 Å². The molecule has 3 rings (SSSR count).